The van der Waals surface area contributed by atoms with Gasteiger partial charge in [-0.1, -0.05) is 26.2 Å². The number of carbonyl (C=O) groups is 1. The molecule has 0 radical (unpaired) electrons. The second-order valence-corrected chi connectivity index (χ2v) is 3.07. The van der Waals surface area contributed by atoms with E-state index in [0.29, 0.717) is 6.61 Å². The van der Waals surface area contributed by atoms with E-state index in [0.717, 1.165) is 12.8 Å². The van der Waals surface area contributed by atoms with Gasteiger partial charge in [0.1, 0.15) is 6.26 Å². The van der Waals surface area contributed by atoms with E-state index in [1.54, 1.807) is 0 Å². The van der Waals surface area contributed by atoms with Crippen molar-refractivity contribution >= 4 is 5.97 Å². The first kappa shape index (κ1) is 10.8. The van der Waals surface area contributed by atoms with Crippen LogP contribution in [0, 0.1) is 0 Å². The third-order valence-electron chi connectivity index (χ3n) is 1.87. The summed E-state index contributed by atoms with van der Waals surface area (Å²) in [5, 5.41) is 0. The van der Waals surface area contributed by atoms with Crippen LogP contribution in [0.3, 0.4) is 0 Å². The molecule has 4 nitrogen and oxygen atoms in total. The van der Waals surface area contributed by atoms with Crippen LogP contribution in [0.25, 0.3) is 0 Å². The largest absolute Gasteiger partial charge is 0.461 e. The molecular formula is C10H15NO3. The lowest BCUT2D eigenvalue weighted by atomic mass is 10.2. The lowest BCUT2D eigenvalue weighted by molar-refractivity contribution is 0.0491. The van der Waals surface area contributed by atoms with E-state index in [1.807, 2.05) is 0 Å². The normalized spacial score (nSPS) is 10.1. The number of oxazole rings is 1. The van der Waals surface area contributed by atoms with Gasteiger partial charge in [-0.3, -0.25) is 0 Å². The van der Waals surface area contributed by atoms with Crippen LogP contribution < -0.4 is 0 Å². The van der Waals surface area contributed by atoms with Crippen LogP contribution in [-0.4, -0.2) is 17.6 Å². The summed E-state index contributed by atoms with van der Waals surface area (Å²) in [6, 6.07) is 0. The minimum atomic E-state index is -0.407. The highest BCUT2D eigenvalue weighted by Gasteiger charge is 2.08. The number of ether oxygens (including phenoxy) is 1. The van der Waals surface area contributed by atoms with Gasteiger partial charge in [0.05, 0.1) is 6.61 Å². The predicted molar refractivity (Wildman–Crippen MR) is 50.9 cm³/mol. The van der Waals surface area contributed by atoms with E-state index in [9.17, 15) is 4.79 Å². The summed E-state index contributed by atoms with van der Waals surface area (Å²) in [6.45, 7) is 2.60. The zero-order valence-electron chi connectivity index (χ0n) is 8.36. The highest BCUT2D eigenvalue weighted by Crippen LogP contribution is 2.02. The molecule has 1 aromatic heterocycles. The molecule has 1 heterocycles. The van der Waals surface area contributed by atoms with Gasteiger partial charge in [-0.05, 0) is 6.42 Å². The third kappa shape index (κ3) is 3.60. The fourth-order valence-electron chi connectivity index (χ4n) is 1.08. The molecule has 14 heavy (non-hydrogen) atoms. The molecule has 78 valence electrons. The highest BCUT2D eigenvalue weighted by molar-refractivity contribution is 5.86. The average Bonchev–Trinajstić information content (AvgIpc) is 2.70. The van der Waals surface area contributed by atoms with Crippen LogP contribution in [0.15, 0.2) is 17.1 Å². The fraction of sp³-hybridized carbons (Fsp3) is 0.600. The van der Waals surface area contributed by atoms with Gasteiger partial charge in [-0.25, -0.2) is 9.78 Å². The van der Waals surface area contributed by atoms with Crippen molar-refractivity contribution in [2.24, 2.45) is 0 Å². The Bertz CT molecular complexity index is 256. The predicted octanol–water partition coefficient (Wildman–Crippen LogP) is 2.41. The Hall–Kier alpha value is -1.32. The number of carbonyl (C=O) groups excluding carboxylic acids is 1. The zero-order valence-corrected chi connectivity index (χ0v) is 8.36. The third-order valence-corrected chi connectivity index (χ3v) is 1.87. The lowest BCUT2D eigenvalue weighted by Crippen LogP contribution is -2.06. The summed E-state index contributed by atoms with van der Waals surface area (Å²) in [6.07, 6.45) is 6.88. The molecule has 0 aliphatic carbocycles. The zero-order chi connectivity index (χ0) is 10.2. The number of hydrogen-bond donors (Lipinski definition) is 0. The van der Waals surface area contributed by atoms with E-state index in [-0.39, 0.29) is 5.69 Å². The standard InChI is InChI=1S/C10H15NO3/c1-2-3-4-5-6-14-10(12)9-7-13-8-11-9/h7-8H,2-6H2,1H3. The van der Waals surface area contributed by atoms with Crippen LogP contribution in [0.1, 0.15) is 43.1 Å². The smallest absolute Gasteiger partial charge is 0.360 e. The summed E-state index contributed by atoms with van der Waals surface area (Å²) in [4.78, 5) is 14.9. The molecule has 0 fully saturated rings. The van der Waals surface area contributed by atoms with E-state index in [1.165, 1.54) is 25.5 Å². The maximum Gasteiger partial charge on any atom is 0.360 e. The summed E-state index contributed by atoms with van der Waals surface area (Å²) >= 11 is 0. The molecule has 0 aliphatic rings. The van der Waals surface area contributed by atoms with E-state index >= 15 is 0 Å². The van der Waals surface area contributed by atoms with Crippen molar-refractivity contribution < 1.29 is 13.9 Å². The van der Waals surface area contributed by atoms with Gasteiger partial charge >= 0.3 is 5.97 Å². The monoisotopic (exact) mass is 197 g/mol. The molecule has 0 unspecified atom stereocenters. The van der Waals surface area contributed by atoms with Crippen molar-refractivity contribution in [2.75, 3.05) is 6.61 Å². The summed E-state index contributed by atoms with van der Waals surface area (Å²) in [5.41, 5.74) is 0.237. The van der Waals surface area contributed by atoms with E-state index < -0.39 is 5.97 Å². The molecular weight excluding hydrogens is 182 g/mol. The van der Waals surface area contributed by atoms with E-state index in [2.05, 4.69) is 16.3 Å². The second kappa shape index (κ2) is 6.18. The first-order valence-electron chi connectivity index (χ1n) is 4.90. The Labute approximate surface area is 83.3 Å². The number of esters is 1. The van der Waals surface area contributed by atoms with Gasteiger partial charge < -0.3 is 9.15 Å². The molecule has 0 atom stereocenters. The van der Waals surface area contributed by atoms with Crippen molar-refractivity contribution in [2.45, 2.75) is 32.6 Å². The van der Waals surface area contributed by atoms with Gasteiger partial charge in [-0.15, -0.1) is 0 Å². The van der Waals surface area contributed by atoms with Crippen LogP contribution in [0.4, 0.5) is 0 Å². The molecule has 4 heteroatoms. The van der Waals surface area contributed by atoms with Crippen LogP contribution in [0.5, 0.6) is 0 Å². The fourth-order valence-corrected chi connectivity index (χ4v) is 1.08. The van der Waals surface area contributed by atoms with Crippen LogP contribution in [0.2, 0.25) is 0 Å². The topological polar surface area (TPSA) is 52.3 Å². The molecule has 1 aromatic rings. The van der Waals surface area contributed by atoms with Gasteiger partial charge in [0, 0.05) is 0 Å². The number of aromatic nitrogens is 1. The lowest BCUT2D eigenvalue weighted by Gasteiger charge is -2.01. The first-order valence-corrected chi connectivity index (χ1v) is 4.90. The van der Waals surface area contributed by atoms with Crippen molar-refractivity contribution in [3.63, 3.8) is 0 Å². The van der Waals surface area contributed by atoms with Gasteiger partial charge in [0.2, 0.25) is 0 Å². The Morgan fingerprint density at radius 2 is 2.36 bits per heavy atom. The minimum Gasteiger partial charge on any atom is -0.461 e. The molecule has 1 rings (SSSR count). The summed E-state index contributed by atoms with van der Waals surface area (Å²) in [5.74, 6) is -0.407. The Balaban J connectivity index is 2.10. The Morgan fingerprint density at radius 3 is 3.00 bits per heavy atom. The summed E-state index contributed by atoms with van der Waals surface area (Å²) < 4.78 is 9.64. The molecule has 0 saturated carbocycles. The maximum absolute atomic E-state index is 11.2. The molecule has 0 aliphatic heterocycles. The maximum atomic E-state index is 11.2. The molecule has 0 spiro atoms. The second-order valence-electron chi connectivity index (χ2n) is 3.07. The SMILES string of the molecule is CCCCCCOC(=O)c1cocn1. The molecule has 0 bridgehead atoms. The van der Waals surface area contributed by atoms with Gasteiger partial charge in [0.15, 0.2) is 12.1 Å². The van der Waals surface area contributed by atoms with Crippen molar-refractivity contribution in [3.05, 3.63) is 18.4 Å². The first-order chi connectivity index (χ1) is 6.84. The number of rotatable bonds is 6. The van der Waals surface area contributed by atoms with Crippen molar-refractivity contribution in [1.82, 2.24) is 4.98 Å². The number of unbranched alkanes of at least 4 members (excludes halogenated alkanes) is 3. The van der Waals surface area contributed by atoms with Gasteiger partial charge in [0.25, 0.3) is 0 Å². The van der Waals surface area contributed by atoms with Crippen LogP contribution >= 0.6 is 0 Å². The minimum absolute atomic E-state index is 0.237. The van der Waals surface area contributed by atoms with Crippen LogP contribution in [-0.2, 0) is 4.74 Å². The molecule has 0 N–H and O–H groups in total. The molecule has 0 amide bonds. The van der Waals surface area contributed by atoms with E-state index in [4.69, 9.17) is 4.74 Å². The summed E-state index contributed by atoms with van der Waals surface area (Å²) in [7, 11) is 0. The molecule has 0 aromatic carbocycles. The Kier molecular flexibility index (Phi) is 4.75. The van der Waals surface area contributed by atoms with Crippen molar-refractivity contribution in [3.8, 4) is 0 Å². The molecule has 0 saturated heterocycles. The van der Waals surface area contributed by atoms with Crippen molar-refractivity contribution in [1.29, 1.82) is 0 Å². The number of hydrogen-bond acceptors (Lipinski definition) is 4. The average molecular weight is 197 g/mol. The highest BCUT2D eigenvalue weighted by atomic mass is 16.5. The quantitative estimate of drug-likeness (QED) is 0.519. The Morgan fingerprint density at radius 1 is 1.50 bits per heavy atom. The number of nitrogens with zero attached hydrogens (tertiary/aromatic N) is 1. The van der Waals surface area contributed by atoms with Gasteiger partial charge in [-0.2, -0.15) is 0 Å².